The van der Waals surface area contributed by atoms with E-state index in [1.165, 1.54) is 12.1 Å². The molecule has 1 N–H and O–H groups in total. The summed E-state index contributed by atoms with van der Waals surface area (Å²) in [5, 5.41) is 3.48. The molecule has 3 rings (SSSR count). The van der Waals surface area contributed by atoms with Crippen LogP contribution in [-0.4, -0.2) is 6.61 Å². The molecule has 4 heteroatoms. The van der Waals surface area contributed by atoms with Gasteiger partial charge in [-0.05, 0) is 46.9 Å². The Bertz CT molecular complexity index is 602. The number of anilines is 1. The fourth-order valence-corrected chi connectivity index (χ4v) is 2.92. The molecule has 0 aliphatic carbocycles. The van der Waals surface area contributed by atoms with Gasteiger partial charge in [0.25, 0.3) is 0 Å². The molecule has 2 nitrogen and oxygen atoms in total. The van der Waals surface area contributed by atoms with E-state index in [4.69, 9.17) is 4.74 Å². The van der Waals surface area contributed by atoms with Crippen LogP contribution in [0.2, 0.25) is 0 Å². The average molecular weight is 369 g/mol. The van der Waals surface area contributed by atoms with Gasteiger partial charge in [-0.25, -0.2) is 4.39 Å². The lowest BCUT2D eigenvalue weighted by molar-refractivity contribution is 0.274. The lowest BCUT2D eigenvalue weighted by Gasteiger charge is -2.27. The van der Waals surface area contributed by atoms with Gasteiger partial charge in [0.1, 0.15) is 11.6 Å². The first-order valence-electron chi connectivity index (χ1n) is 6.17. The molecular formula is C15H13FINO. The number of nitrogens with one attached hydrogen (secondary N) is 1. The minimum atomic E-state index is -0.206. The molecule has 1 heterocycles. The maximum Gasteiger partial charge on any atom is 0.124 e. The van der Waals surface area contributed by atoms with Crippen molar-refractivity contribution in [2.24, 2.45) is 0 Å². The van der Waals surface area contributed by atoms with Crippen molar-refractivity contribution < 1.29 is 9.13 Å². The fraction of sp³-hybridized carbons (Fsp3) is 0.200. The number of rotatable bonds is 2. The van der Waals surface area contributed by atoms with Crippen LogP contribution in [0, 0.1) is 9.39 Å². The van der Waals surface area contributed by atoms with Crippen LogP contribution in [0.15, 0.2) is 42.5 Å². The first-order chi connectivity index (χ1) is 9.24. The van der Waals surface area contributed by atoms with Crippen LogP contribution in [0.1, 0.15) is 18.0 Å². The van der Waals surface area contributed by atoms with Crippen molar-refractivity contribution in [1.82, 2.24) is 0 Å². The van der Waals surface area contributed by atoms with Crippen molar-refractivity contribution in [2.75, 3.05) is 11.9 Å². The number of benzene rings is 2. The second-order valence-corrected chi connectivity index (χ2v) is 5.66. The molecule has 1 aliphatic heterocycles. The maximum atomic E-state index is 13.1. The number of para-hydroxylation sites is 1. The van der Waals surface area contributed by atoms with Crippen LogP contribution >= 0.6 is 22.6 Å². The van der Waals surface area contributed by atoms with Gasteiger partial charge < -0.3 is 10.1 Å². The number of fused-ring (bicyclic) bond motifs is 1. The van der Waals surface area contributed by atoms with E-state index >= 15 is 0 Å². The van der Waals surface area contributed by atoms with E-state index in [1.807, 2.05) is 18.2 Å². The van der Waals surface area contributed by atoms with Gasteiger partial charge in [-0.15, -0.1) is 0 Å². The zero-order valence-corrected chi connectivity index (χ0v) is 12.4. The lowest BCUT2D eigenvalue weighted by atomic mass is 10.0. The van der Waals surface area contributed by atoms with E-state index in [1.54, 1.807) is 6.07 Å². The van der Waals surface area contributed by atoms with Crippen LogP contribution in [0.4, 0.5) is 10.1 Å². The molecule has 0 fully saturated rings. The van der Waals surface area contributed by atoms with Gasteiger partial charge in [-0.3, -0.25) is 0 Å². The van der Waals surface area contributed by atoms with Crippen LogP contribution in [0.25, 0.3) is 0 Å². The molecule has 2 aromatic rings. The van der Waals surface area contributed by atoms with Crippen LogP contribution in [0.5, 0.6) is 5.75 Å². The summed E-state index contributed by atoms with van der Waals surface area (Å²) in [6.07, 6.45) is 0.907. The molecule has 0 spiro atoms. The summed E-state index contributed by atoms with van der Waals surface area (Å²) in [5.41, 5.74) is 2.12. The van der Waals surface area contributed by atoms with Gasteiger partial charge in [0.2, 0.25) is 0 Å². The predicted molar refractivity (Wildman–Crippen MR) is 82.0 cm³/mol. The Morgan fingerprint density at radius 1 is 1.21 bits per heavy atom. The second-order valence-electron chi connectivity index (χ2n) is 4.50. The zero-order valence-electron chi connectivity index (χ0n) is 10.2. The molecular weight excluding hydrogens is 356 g/mol. The molecule has 0 aromatic heterocycles. The van der Waals surface area contributed by atoms with Crippen LogP contribution in [0.3, 0.4) is 0 Å². The number of hydrogen-bond acceptors (Lipinski definition) is 2. The summed E-state index contributed by atoms with van der Waals surface area (Å²) in [7, 11) is 0. The highest BCUT2D eigenvalue weighted by molar-refractivity contribution is 14.1. The highest BCUT2D eigenvalue weighted by atomic mass is 127. The van der Waals surface area contributed by atoms with Crippen LogP contribution in [-0.2, 0) is 0 Å². The quantitative estimate of drug-likeness (QED) is 0.794. The van der Waals surface area contributed by atoms with Gasteiger partial charge in [-0.2, -0.15) is 0 Å². The monoisotopic (exact) mass is 369 g/mol. The van der Waals surface area contributed by atoms with Gasteiger partial charge in [0, 0.05) is 21.2 Å². The topological polar surface area (TPSA) is 21.3 Å². The third-order valence-corrected chi connectivity index (χ3v) is 4.11. The first-order valence-corrected chi connectivity index (χ1v) is 7.25. The van der Waals surface area contributed by atoms with Gasteiger partial charge >= 0.3 is 0 Å². The molecule has 2 aromatic carbocycles. The van der Waals surface area contributed by atoms with Crippen molar-refractivity contribution in [3.8, 4) is 5.75 Å². The highest BCUT2D eigenvalue weighted by Gasteiger charge is 2.21. The Hall–Kier alpha value is -1.30. The standard InChI is InChI=1S/C15H13FINO/c16-10-5-6-14(12(17)9-10)18-13-7-8-19-15-4-2-1-3-11(13)15/h1-6,9,13,18H,7-8H2. The van der Waals surface area contributed by atoms with Gasteiger partial charge in [0.05, 0.1) is 12.6 Å². The number of ether oxygens (including phenoxy) is 1. The summed E-state index contributed by atoms with van der Waals surface area (Å²) in [6, 6.07) is 13.1. The van der Waals surface area contributed by atoms with Crippen molar-refractivity contribution in [3.05, 3.63) is 57.4 Å². The molecule has 0 saturated heterocycles. The van der Waals surface area contributed by atoms with E-state index in [9.17, 15) is 4.39 Å². The average Bonchev–Trinajstić information content (AvgIpc) is 2.42. The summed E-state index contributed by atoms with van der Waals surface area (Å²) < 4.78 is 19.6. The summed E-state index contributed by atoms with van der Waals surface area (Å²) in [6.45, 7) is 0.701. The molecule has 19 heavy (non-hydrogen) atoms. The predicted octanol–water partition coefficient (Wildman–Crippen LogP) is 4.37. The summed E-state index contributed by atoms with van der Waals surface area (Å²) in [4.78, 5) is 0. The van der Waals surface area contributed by atoms with E-state index in [2.05, 4.69) is 34.0 Å². The molecule has 0 bridgehead atoms. The molecule has 98 valence electrons. The lowest BCUT2D eigenvalue weighted by Crippen LogP contribution is -2.20. The third kappa shape index (κ3) is 2.68. The number of halogens is 2. The SMILES string of the molecule is Fc1ccc(NC2CCOc3ccccc32)c(I)c1. The third-order valence-electron chi connectivity index (χ3n) is 3.22. The van der Waals surface area contributed by atoms with Crippen LogP contribution < -0.4 is 10.1 Å². The number of hydrogen-bond donors (Lipinski definition) is 1. The Labute approximate surface area is 125 Å². The largest absolute Gasteiger partial charge is 0.493 e. The van der Waals surface area contributed by atoms with E-state index in [0.717, 1.165) is 27.0 Å². The second kappa shape index (κ2) is 5.36. The minimum absolute atomic E-state index is 0.206. The fourth-order valence-electron chi connectivity index (χ4n) is 2.29. The van der Waals surface area contributed by atoms with Crippen molar-refractivity contribution in [1.29, 1.82) is 0 Å². The Morgan fingerprint density at radius 2 is 2.05 bits per heavy atom. The summed E-state index contributed by atoms with van der Waals surface area (Å²) in [5.74, 6) is 0.727. The van der Waals surface area contributed by atoms with Crippen molar-refractivity contribution in [3.63, 3.8) is 0 Å². The molecule has 0 radical (unpaired) electrons. The molecule has 0 amide bonds. The van der Waals surface area contributed by atoms with Gasteiger partial charge in [0.15, 0.2) is 0 Å². The highest BCUT2D eigenvalue weighted by Crippen LogP contribution is 2.35. The molecule has 1 unspecified atom stereocenters. The molecule has 1 atom stereocenters. The minimum Gasteiger partial charge on any atom is -0.493 e. The maximum absolute atomic E-state index is 13.1. The summed E-state index contributed by atoms with van der Waals surface area (Å²) >= 11 is 2.15. The van der Waals surface area contributed by atoms with E-state index in [0.29, 0.717) is 6.61 Å². The smallest absolute Gasteiger partial charge is 0.124 e. The molecule has 0 saturated carbocycles. The Morgan fingerprint density at radius 3 is 2.89 bits per heavy atom. The van der Waals surface area contributed by atoms with E-state index < -0.39 is 0 Å². The zero-order chi connectivity index (χ0) is 13.2. The Balaban J connectivity index is 1.88. The van der Waals surface area contributed by atoms with Gasteiger partial charge in [-0.1, -0.05) is 18.2 Å². The molecule has 1 aliphatic rings. The Kier molecular flexibility index (Phi) is 3.59. The van der Waals surface area contributed by atoms with Crippen molar-refractivity contribution >= 4 is 28.3 Å². The first kappa shape index (κ1) is 12.7. The normalized spacial score (nSPS) is 17.5. The van der Waals surface area contributed by atoms with Crippen molar-refractivity contribution in [2.45, 2.75) is 12.5 Å². The van der Waals surface area contributed by atoms with E-state index in [-0.39, 0.29) is 11.9 Å².